The van der Waals surface area contributed by atoms with Crippen molar-refractivity contribution in [1.82, 2.24) is 0 Å². The lowest BCUT2D eigenvalue weighted by atomic mass is 9.64. The molecule has 0 bridgehead atoms. The topological polar surface area (TPSA) is 20.2 Å². The Morgan fingerprint density at radius 3 is 2.43 bits per heavy atom. The summed E-state index contributed by atoms with van der Waals surface area (Å²) in [5.41, 5.74) is 2.54. The number of hydrogen-bond donors (Lipinski definition) is 1. The zero-order chi connectivity index (χ0) is 10.2. The molecule has 1 fully saturated rings. The first kappa shape index (κ1) is 9.47. The maximum atomic E-state index is 9.58. The molecule has 74 valence electrons. The smallest absolute Gasteiger partial charge is 0.0665 e. The summed E-state index contributed by atoms with van der Waals surface area (Å²) in [6.45, 7) is 4.19. The van der Waals surface area contributed by atoms with E-state index in [1.807, 2.05) is 18.2 Å². The molecule has 1 aliphatic rings. The Bertz CT molecular complexity index is 349. The SMILES string of the molecule is CC1(C)/C(=C\c2ccccc2)CC1O. The maximum absolute atomic E-state index is 9.58. The van der Waals surface area contributed by atoms with Crippen molar-refractivity contribution in [2.24, 2.45) is 5.41 Å². The van der Waals surface area contributed by atoms with Gasteiger partial charge in [0, 0.05) is 5.41 Å². The van der Waals surface area contributed by atoms with Crippen LogP contribution in [0.2, 0.25) is 0 Å². The second kappa shape index (κ2) is 3.25. The first-order valence-corrected chi connectivity index (χ1v) is 5.05. The van der Waals surface area contributed by atoms with Crippen molar-refractivity contribution in [3.05, 3.63) is 41.5 Å². The third-order valence-corrected chi connectivity index (χ3v) is 3.21. The van der Waals surface area contributed by atoms with Gasteiger partial charge in [-0.15, -0.1) is 0 Å². The second-order valence-corrected chi connectivity index (χ2v) is 4.52. The monoisotopic (exact) mass is 188 g/mol. The van der Waals surface area contributed by atoms with Crippen molar-refractivity contribution >= 4 is 6.08 Å². The van der Waals surface area contributed by atoms with E-state index in [-0.39, 0.29) is 11.5 Å². The molecule has 14 heavy (non-hydrogen) atoms. The summed E-state index contributed by atoms with van der Waals surface area (Å²) in [5, 5.41) is 9.58. The van der Waals surface area contributed by atoms with Gasteiger partial charge in [0.15, 0.2) is 0 Å². The maximum Gasteiger partial charge on any atom is 0.0665 e. The van der Waals surface area contributed by atoms with Crippen molar-refractivity contribution in [2.45, 2.75) is 26.4 Å². The molecule has 1 N–H and O–H groups in total. The number of benzene rings is 1. The molecule has 1 aromatic rings. The number of rotatable bonds is 1. The van der Waals surface area contributed by atoms with Crippen LogP contribution in [0.1, 0.15) is 25.8 Å². The summed E-state index contributed by atoms with van der Waals surface area (Å²) < 4.78 is 0. The van der Waals surface area contributed by atoms with Gasteiger partial charge in [-0.2, -0.15) is 0 Å². The lowest BCUT2D eigenvalue weighted by Gasteiger charge is -2.44. The van der Waals surface area contributed by atoms with Crippen molar-refractivity contribution < 1.29 is 5.11 Å². The van der Waals surface area contributed by atoms with Crippen molar-refractivity contribution in [3.8, 4) is 0 Å². The second-order valence-electron chi connectivity index (χ2n) is 4.52. The van der Waals surface area contributed by atoms with Crippen LogP contribution in [-0.4, -0.2) is 11.2 Å². The molecule has 0 radical (unpaired) electrons. The Kier molecular flexibility index (Phi) is 2.20. The molecule has 1 atom stereocenters. The number of hydrogen-bond acceptors (Lipinski definition) is 1. The van der Waals surface area contributed by atoms with Gasteiger partial charge in [-0.3, -0.25) is 0 Å². The fourth-order valence-corrected chi connectivity index (χ4v) is 1.80. The molecule has 1 heteroatoms. The number of aliphatic hydroxyl groups is 1. The quantitative estimate of drug-likeness (QED) is 0.718. The van der Waals surface area contributed by atoms with Gasteiger partial charge in [0.25, 0.3) is 0 Å². The van der Waals surface area contributed by atoms with E-state index in [0.717, 1.165) is 6.42 Å². The van der Waals surface area contributed by atoms with Crippen LogP contribution < -0.4 is 0 Å². The van der Waals surface area contributed by atoms with Crippen LogP contribution >= 0.6 is 0 Å². The predicted molar refractivity (Wildman–Crippen MR) is 58.8 cm³/mol. The molecule has 0 saturated heterocycles. The van der Waals surface area contributed by atoms with Crippen molar-refractivity contribution in [3.63, 3.8) is 0 Å². The highest BCUT2D eigenvalue weighted by molar-refractivity contribution is 5.56. The first-order valence-electron chi connectivity index (χ1n) is 5.05. The van der Waals surface area contributed by atoms with Gasteiger partial charge in [0.1, 0.15) is 0 Å². The molecule has 0 spiro atoms. The Balaban J connectivity index is 2.22. The highest BCUT2D eigenvalue weighted by Crippen LogP contribution is 2.46. The molecule has 2 rings (SSSR count). The lowest BCUT2D eigenvalue weighted by molar-refractivity contribution is 0.0195. The Morgan fingerprint density at radius 2 is 1.93 bits per heavy atom. The standard InChI is InChI=1S/C13H16O/c1-13(2)11(9-12(13)14)8-10-6-4-3-5-7-10/h3-8,12,14H,9H2,1-2H3/b11-8-. The van der Waals surface area contributed by atoms with Crippen LogP contribution in [0.15, 0.2) is 35.9 Å². The minimum atomic E-state index is -0.169. The van der Waals surface area contributed by atoms with Crippen LogP contribution in [-0.2, 0) is 0 Å². The van der Waals surface area contributed by atoms with E-state index in [0.29, 0.717) is 0 Å². The average molecular weight is 188 g/mol. The van der Waals surface area contributed by atoms with Crippen LogP contribution in [0.25, 0.3) is 6.08 Å². The predicted octanol–water partition coefficient (Wildman–Crippen LogP) is 2.86. The van der Waals surface area contributed by atoms with E-state index >= 15 is 0 Å². The summed E-state index contributed by atoms with van der Waals surface area (Å²) in [6.07, 6.45) is 2.84. The van der Waals surface area contributed by atoms with E-state index in [4.69, 9.17) is 0 Å². The largest absolute Gasteiger partial charge is 0.392 e. The van der Waals surface area contributed by atoms with Crippen molar-refractivity contribution in [1.29, 1.82) is 0 Å². The minimum Gasteiger partial charge on any atom is -0.392 e. The lowest BCUT2D eigenvalue weighted by Crippen LogP contribution is -2.42. The van der Waals surface area contributed by atoms with Crippen LogP contribution in [0.3, 0.4) is 0 Å². The summed E-state index contributed by atoms with van der Waals surface area (Å²) in [5.74, 6) is 0. The summed E-state index contributed by atoms with van der Waals surface area (Å²) in [7, 11) is 0. The molecule has 1 aromatic carbocycles. The van der Waals surface area contributed by atoms with Crippen LogP contribution in [0.5, 0.6) is 0 Å². The molecule has 0 aliphatic heterocycles. The molecule has 1 saturated carbocycles. The van der Waals surface area contributed by atoms with Gasteiger partial charge >= 0.3 is 0 Å². The molecule has 0 heterocycles. The van der Waals surface area contributed by atoms with Gasteiger partial charge < -0.3 is 5.11 Å². The molecule has 0 amide bonds. The molecule has 0 aromatic heterocycles. The molecule has 1 aliphatic carbocycles. The summed E-state index contributed by atoms with van der Waals surface area (Å²) >= 11 is 0. The highest BCUT2D eigenvalue weighted by Gasteiger charge is 2.41. The van der Waals surface area contributed by atoms with Crippen LogP contribution in [0, 0.1) is 5.41 Å². The number of aliphatic hydroxyl groups excluding tert-OH is 1. The van der Waals surface area contributed by atoms with E-state index < -0.39 is 0 Å². The van der Waals surface area contributed by atoms with Crippen molar-refractivity contribution in [2.75, 3.05) is 0 Å². The summed E-state index contributed by atoms with van der Waals surface area (Å²) in [4.78, 5) is 0. The van der Waals surface area contributed by atoms with E-state index in [9.17, 15) is 5.11 Å². The van der Waals surface area contributed by atoms with E-state index in [2.05, 4.69) is 32.1 Å². The molecule has 1 unspecified atom stereocenters. The fourth-order valence-electron chi connectivity index (χ4n) is 1.80. The Labute approximate surface area is 85.1 Å². The Hall–Kier alpha value is -1.08. The molecular formula is C13H16O. The van der Waals surface area contributed by atoms with Gasteiger partial charge in [0.05, 0.1) is 6.10 Å². The van der Waals surface area contributed by atoms with Gasteiger partial charge in [0.2, 0.25) is 0 Å². The van der Waals surface area contributed by atoms with Gasteiger partial charge in [-0.25, -0.2) is 0 Å². The zero-order valence-electron chi connectivity index (χ0n) is 8.70. The fraction of sp³-hybridized carbons (Fsp3) is 0.385. The molecule has 1 nitrogen and oxygen atoms in total. The van der Waals surface area contributed by atoms with Gasteiger partial charge in [-0.1, -0.05) is 55.8 Å². The van der Waals surface area contributed by atoms with Gasteiger partial charge in [-0.05, 0) is 12.0 Å². The third-order valence-electron chi connectivity index (χ3n) is 3.21. The zero-order valence-corrected chi connectivity index (χ0v) is 8.70. The van der Waals surface area contributed by atoms with Crippen LogP contribution in [0.4, 0.5) is 0 Å². The highest BCUT2D eigenvalue weighted by atomic mass is 16.3. The average Bonchev–Trinajstić information content (AvgIpc) is 2.19. The summed E-state index contributed by atoms with van der Waals surface area (Å²) in [6, 6.07) is 10.3. The molecular weight excluding hydrogens is 172 g/mol. The normalized spacial score (nSPS) is 27.4. The minimum absolute atomic E-state index is 0.0319. The Morgan fingerprint density at radius 1 is 1.29 bits per heavy atom. The first-order chi connectivity index (χ1) is 6.60. The third kappa shape index (κ3) is 1.48. The van der Waals surface area contributed by atoms with E-state index in [1.54, 1.807) is 0 Å². The van der Waals surface area contributed by atoms with E-state index in [1.165, 1.54) is 11.1 Å².